The van der Waals surface area contributed by atoms with Crippen LogP contribution >= 0.6 is 22.9 Å². The van der Waals surface area contributed by atoms with Gasteiger partial charge in [0.2, 0.25) is 0 Å². The van der Waals surface area contributed by atoms with Crippen molar-refractivity contribution in [2.45, 2.75) is 0 Å². The fourth-order valence-electron chi connectivity index (χ4n) is 1.36. The van der Waals surface area contributed by atoms with Crippen LogP contribution in [0.2, 0.25) is 5.02 Å². The van der Waals surface area contributed by atoms with Crippen molar-refractivity contribution in [2.75, 3.05) is 12.8 Å². The first-order chi connectivity index (χ1) is 7.61. The van der Waals surface area contributed by atoms with Crippen LogP contribution in [-0.2, 0) is 0 Å². The number of halogens is 2. The quantitative estimate of drug-likeness (QED) is 0.900. The lowest BCUT2D eigenvalue weighted by atomic mass is 10.1. The normalized spacial score (nSPS) is 10.4. The first kappa shape index (κ1) is 11.2. The van der Waals surface area contributed by atoms with Crippen LogP contribution in [0.15, 0.2) is 17.5 Å². The lowest BCUT2D eigenvalue weighted by Gasteiger charge is -2.08. The van der Waals surface area contributed by atoms with E-state index in [0.29, 0.717) is 22.1 Å². The summed E-state index contributed by atoms with van der Waals surface area (Å²) in [5.41, 5.74) is 6.68. The molecule has 84 valence electrons. The Labute approximate surface area is 101 Å². The van der Waals surface area contributed by atoms with Crippen LogP contribution in [0.3, 0.4) is 0 Å². The van der Waals surface area contributed by atoms with E-state index in [2.05, 4.69) is 4.98 Å². The summed E-state index contributed by atoms with van der Waals surface area (Å²) < 4.78 is 18.2. The van der Waals surface area contributed by atoms with Gasteiger partial charge in [-0.3, -0.25) is 0 Å². The number of thiazole rings is 1. The number of methoxy groups -OCH3 is 1. The Hall–Kier alpha value is -1.33. The van der Waals surface area contributed by atoms with Gasteiger partial charge >= 0.3 is 0 Å². The largest absolute Gasteiger partial charge is 0.496 e. The zero-order valence-corrected chi connectivity index (χ0v) is 9.90. The number of rotatable bonds is 2. The summed E-state index contributed by atoms with van der Waals surface area (Å²) in [4.78, 5) is 4.09. The summed E-state index contributed by atoms with van der Waals surface area (Å²) >= 11 is 7.25. The topological polar surface area (TPSA) is 48.1 Å². The lowest BCUT2D eigenvalue weighted by Crippen LogP contribution is -1.91. The molecule has 6 heteroatoms. The van der Waals surface area contributed by atoms with E-state index >= 15 is 0 Å². The maximum Gasteiger partial charge on any atom is 0.180 e. The van der Waals surface area contributed by atoms with Crippen molar-refractivity contribution in [1.82, 2.24) is 4.98 Å². The molecule has 2 aromatic rings. The molecular formula is C10H8ClFN2OS. The van der Waals surface area contributed by atoms with Crippen molar-refractivity contribution in [2.24, 2.45) is 0 Å². The van der Waals surface area contributed by atoms with Gasteiger partial charge in [0.1, 0.15) is 11.6 Å². The highest BCUT2D eigenvalue weighted by Gasteiger charge is 2.15. The fraction of sp³-hybridized carbons (Fsp3) is 0.100. The number of hydrogen-bond donors (Lipinski definition) is 1. The van der Waals surface area contributed by atoms with Crippen molar-refractivity contribution >= 4 is 28.1 Å². The van der Waals surface area contributed by atoms with E-state index in [-0.39, 0.29) is 5.02 Å². The Bertz CT molecular complexity index is 530. The number of anilines is 1. The highest BCUT2D eigenvalue weighted by atomic mass is 35.5. The second-order valence-corrected chi connectivity index (χ2v) is 4.33. The summed E-state index contributed by atoms with van der Waals surface area (Å²) in [5.74, 6) is -0.107. The van der Waals surface area contributed by atoms with Crippen LogP contribution in [0.5, 0.6) is 5.75 Å². The van der Waals surface area contributed by atoms with Gasteiger partial charge in [-0.15, -0.1) is 11.3 Å². The zero-order chi connectivity index (χ0) is 11.7. The Balaban J connectivity index is 2.63. The van der Waals surface area contributed by atoms with Gasteiger partial charge in [0.25, 0.3) is 0 Å². The summed E-state index contributed by atoms with van der Waals surface area (Å²) in [6, 6.07) is 2.48. The van der Waals surface area contributed by atoms with Crippen molar-refractivity contribution in [3.05, 3.63) is 28.4 Å². The van der Waals surface area contributed by atoms with Gasteiger partial charge < -0.3 is 10.5 Å². The van der Waals surface area contributed by atoms with E-state index in [0.717, 1.165) is 0 Å². The Morgan fingerprint density at radius 1 is 1.50 bits per heavy atom. The molecule has 0 aliphatic rings. The predicted octanol–water partition coefficient (Wildman–Crippen LogP) is 3.19. The molecule has 1 aromatic heterocycles. The standard InChI is InChI=1S/C10H8ClFN2OS/c1-15-8-3-5(12)2-6(11)9(8)7-4-16-10(13)14-7/h2-4H,1H3,(H2,13,14). The van der Waals surface area contributed by atoms with Gasteiger partial charge in [-0.2, -0.15) is 0 Å². The molecule has 0 saturated heterocycles. The first-order valence-corrected chi connectivity index (χ1v) is 5.62. The molecule has 0 spiro atoms. The predicted molar refractivity (Wildman–Crippen MR) is 63.5 cm³/mol. The second kappa shape index (κ2) is 4.27. The molecule has 3 nitrogen and oxygen atoms in total. The minimum Gasteiger partial charge on any atom is -0.496 e. The van der Waals surface area contributed by atoms with Crippen molar-refractivity contribution in [3.63, 3.8) is 0 Å². The number of ether oxygens (including phenoxy) is 1. The number of benzene rings is 1. The molecule has 0 radical (unpaired) electrons. The number of nitrogens with zero attached hydrogens (tertiary/aromatic N) is 1. The minimum absolute atomic E-state index is 0.252. The molecule has 0 unspecified atom stereocenters. The fourth-order valence-corrected chi connectivity index (χ4v) is 2.21. The summed E-state index contributed by atoms with van der Waals surface area (Å²) in [5, 5.41) is 2.43. The SMILES string of the molecule is COc1cc(F)cc(Cl)c1-c1csc(N)n1. The number of nitrogen functional groups attached to an aromatic ring is 1. The van der Waals surface area contributed by atoms with E-state index in [1.165, 1.54) is 30.6 Å². The average molecular weight is 259 g/mol. The molecule has 0 saturated carbocycles. The highest BCUT2D eigenvalue weighted by Crippen LogP contribution is 2.37. The number of hydrogen-bond acceptors (Lipinski definition) is 4. The third-order valence-corrected chi connectivity index (χ3v) is 2.99. The molecule has 2 rings (SSSR count). The van der Waals surface area contributed by atoms with Gasteiger partial charge in [-0.1, -0.05) is 11.6 Å². The summed E-state index contributed by atoms with van der Waals surface area (Å²) in [6.07, 6.45) is 0. The van der Waals surface area contributed by atoms with Crippen LogP contribution in [0.25, 0.3) is 11.3 Å². The second-order valence-electron chi connectivity index (χ2n) is 3.04. The monoisotopic (exact) mass is 258 g/mol. The molecule has 0 aliphatic heterocycles. The van der Waals surface area contributed by atoms with Gasteiger partial charge in [0, 0.05) is 11.4 Å². The molecule has 2 N–H and O–H groups in total. The summed E-state index contributed by atoms with van der Waals surface area (Å²) in [7, 11) is 1.45. The molecule has 0 atom stereocenters. The van der Waals surface area contributed by atoms with Gasteiger partial charge in [0.15, 0.2) is 5.13 Å². The van der Waals surface area contributed by atoms with Gasteiger partial charge in [-0.25, -0.2) is 9.37 Å². The van der Waals surface area contributed by atoms with Crippen LogP contribution in [0, 0.1) is 5.82 Å². The van der Waals surface area contributed by atoms with Crippen molar-refractivity contribution < 1.29 is 9.13 Å². The third kappa shape index (κ3) is 1.96. The Kier molecular flexibility index (Phi) is 2.98. The van der Waals surface area contributed by atoms with Gasteiger partial charge in [-0.05, 0) is 6.07 Å². The smallest absolute Gasteiger partial charge is 0.180 e. The Morgan fingerprint density at radius 3 is 2.81 bits per heavy atom. The molecule has 16 heavy (non-hydrogen) atoms. The highest BCUT2D eigenvalue weighted by molar-refractivity contribution is 7.13. The van der Waals surface area contributed by atoms with Crippen LogP contribution < -0.4 is 10.5 Å². The third-order valence-electron chi connectivity index (χ3n) is 2.02. The molecule has 0 amide bonds. The molecule has 0 aliphatic carbocycles. The Morgan fingerprint density at radius 2 is 2.25 bits per heavy atom. The van der Waals surface area contributed by atoms with E-state index in [9.17, 15) is 4.39 Å². The maximum atomic E-state index is 13.1. The van der Waals surface area contributed by atoms with Crippen LogP contribution in [0.4, 0.5) is 9.52 Å². The average Bonchev–Trinajstić information content (AvgIpc) is 2.63. The first-order valence-electron chi connectivity index (χ1n) is 4.36. The van der Waals surface area contributed by atoms with Crippen molar-refractivity contribution in [3.8, 4) is 17.0 Å². The van der Waals surface area contributed by atoms with Crippen LogP contribution in [-0.4, -0.2) is 12.1 Å². The minimum atomic E-state index is -0.450. The molecule has 0 fully saturated rings. The van der Waals surface area contributed by atoms with Gasteiger partial charge in [0.05, 0.1) is 23.4 Å². The number of nitrogens with two attached hydrogens (primary N) is 1. The molecule has 1 aromatic carbocycles. The zero-order valence-electron chi connectivity index (χ0n) is 8.33. The molecule has 0 bridgehead atoms. The van der Waals surface area contributed by atoms with Crippen LogP contribution in [0.1, 0.15) is 0 Å². The number of aromatic nitrogens is 1. The summed E-state index contributed by atoms with van der Waals surface area (Å²) in [6.45, 7) is 0. The lowest BCUT2D eigenvalue weighted by molar-refractivity contribution is 0.413. The van der Waals surface area contributed by atoms with E-state index in [1.54, 1.807) is 5.38 Å². The molecule has 1 heterocycles. The van der Waals surface area contributed by atoms with Crippen molar-refractivity contribution in [1.29, 1.82) is 0 Å². The maximum absolute atomic E-state index is 13.1. The van der Waals surface area contributed by atoms with E-state index in [1.807, 2.05) is 0 Å². The van der Waals surface area contributed by atoms with E-state index < -0.39 is 5.82 Å². The molecular weight excluding hydrogens is 251 g/mol. The van der Waals surface area contributed by atoms with E-state index in [4.69, 9.17) is 22.1 Å².